The average Bonchev–Trinajstić information content (AvgIpc) is 3.42. The number of anilines is 3. The van der Waals surface area contributed by atoms with Crippen LogP contribution in [0.1, 0.15) is 10.4 Å². The van der Waals surface area contributed by atoms with Crippen molar-refractivity contribution < 1.29 is 19.4 Å². The van der Waals surface area contributed by atoms with Crippen molar-refractivity contribution in [3.63, 3.8) is 0 Å². The largest absolute Gasteiger partial charge is 0.506 e. The lowest BCUT2D eigenvalue weighted by molar-refractivity contribution is 0.0699. The molecular formula is C34H28N4O4. The van der Waals surface area contributed by atoms with Crippen LogP contribution < -0.4 is 17.2 Å². The summed E-state index contributed by atoms with van der Waals surface area (Å²) >= 11 is 0. The second kappa shape index (κ2) is 12.0. The van der Waals surface area contributed by atoms with Gasteiger partial charge >= 0.3 is 5.97 Å². The van der Waals surface area contributed by atoms with Crippen LogP contribution in [0.5, 0.6) is 5.75 Å². The summed E-state index contributed by atoms with van der Waals surface area (Å²) in [5, 5.41) is 21.8. The molecule has 0 bridgehead atoms. The molecule has 0 radical (unpaired) electrons. The smallest absolute Gasteiger partial charge is 0.336 e. The highest BCUT2D eigenvalue weighted by Gasteiger charge is 2.11. The van der Waals surface area contributed by atoms with Gasteiger partial charge in [0, 0.05) is 16.9 Å². The number of phenolic OH excluding ortho intramolecular Hbond substituents is 1. The standard InChI is InChI=1S/C17H12N2O.C11H8O2.C6H8N2O/c18-12-8-9-16-15(10-12)19-17(20-16)14-7-3-5-11-4-1-2-6-13(11)14;12-11(13)10-7-3-5-8-4-1-2-6-9(8)10;7-4-1-2-6(9)5(8)3-4/h1-10H,18H2;1-7H,(H,12,13);1-3,9H,7-8H2. The molecule has 8 nitrogen and oxygen atoms in total. The Morgan fingerprint density at radius 2 is 1.26 bits per heavy atom. The molecule has 0 unspecified atom stereocenters. The van der Waals surface area contributed by atoms with Gasteiger partial charge in [-0.25, -0.2) is 9.78 Å². The van der Waals surface area contributed by atoms with E-state index in [0.717, 1.165) is 32.8 Å². The van der Waals surface area contributed by atoms with E-state index in [-0.39, 0.29) is 5.75 Å². The Labute approximate surface area is 241 Å². The molecule has 0 aliphatic carbocycles. The third-order valence-electron chi connectivity index (χ3n) is 6.50. The molecule has 0 spiro atoms. The summed E-state index contributed by atoms with van der Waals surface area (Å²) in [6.07, 6.45) is 0. The van der Waals surface area contributed by atoms with Gasteiger partial charge in [-0.15, -0.1) is 0 Å². The van der Waals surface area contributed by atoms with E-state index in [1.165, 1.54) is 17.5 Å². The number of nitrogens with two attached hydrogens (primary N) is 3. The number of carbonyl (C=O) groups is 1. The number of aromatic hydroxyl groups is 1. The number of hydrogen-bond acceptors (Lipinski definition) is 7. The number of nitrogens with zero attached hydrogens (tertiary/aromatic N) is 1. The molecule has 0 saturated heterocycles. The van der Waals surface area contributed by atoms with E-state index in [0.29, 0.717) is 28.5 Å². The molecule has 0 aliphatic heterocycles. The van der Waals surface area contributed by atoms with E-state index < -0.39 is 5.97 Å². The Balaban J connectivity index is 0.000000138. The van der Waals surface area contributed by atoms with E-state index in [9.17, 15) is 4.79 Å². The van der Waals surface area contributed by atoms with Gasteiger partial charge in [0.15, 0.2) is 5.58 Å². The van der Waals surface area contributed by atoms with Crippen LogP contribution in [0.2, 0.25) is 0 Å². The Hall–Kier alpha value is -6.02. The van der Waals surface area contributed by atoms with Crippen LogP contribution in [0.4, 0.5) is 17.1 Å². The van der Waals surface area contributed by atoms with Crippen LogP contribution in [-0.4, -0.2) is 21.2 Å². The number of aromatic carboxylic acids is 1. The fourth-order valence-electron chi connectivity index (χ4n) is 4.46. The first-order valence-electron chi connectivity index (χ1n) is 13.0. The van der Waals surface area contributed by atoms with Gasteiger partial charge in [-0.2, -0.15) is 0 Å². The number of fused-ring (bicyclic) bond motifs is 3. The number of rotatable bonds is 2. The van der Waals surface area contributed by atoms with Gasteiger partial charge < -0.3 is 31.8 Å². The second-order valence-corrected chi connectivity index (χ2v) is 9.42. The summed E-state index contributed by atoms with van der Waals surface area (Å²) < 4.78 is 5.85. The zero-order chi connectivity index (χ0) is 29.6. The van der Waals surface area contributed by atoms with Crippen molar-refractivity contribution in [2.24, 2.45) is 0 Å². The van der Waals surface area contributed by atoms with Gasteiger partial charge in [0.25, 0.3) is 0 Å². The number of hydrogen-bond donors (Lipinski definition) is 5. The first-order valence-corrected chi connectivity index (χ1v) is 13.0. The molecule has 1 heterocycles. The Kier molecular flexibility index (Phi) is 7.88. The maximum absolute atomic E-state index is 10.8. The molecule has 6 aromatic carbocycles. The highest BCUT2D eigenvalue weighted by Crippen LogP contribution is 2.31. The van der Waals surface area contributed by atoms with Crippen LogP contribution >= 0.6 is 0 Å². The molecule has 0 fully saturated rings. The summed E-state index contributed by atoms with van der Waals surface area (Å²) in [5.74, 6) is -0.177. The molecule has 8 N–H and O–H groups in total. The summed E-state index contributed by atoms with van der Waals surface area (Å²) in [7, 11) is 0. The lowest BCUT2D eigenvalue weighted by Crippen LogP contribution is -1.96. The lowest BCUT2D eigenvalue weighted by Gasteiger charge is -2.01. The van der Waals surface area contributed by atoms with Crippen molar-refractivity contribution in [3.05, 3.63) is 127 Å². The fraction of sp³-hybridized carbons (Fsp3) is 0. The van der Waals surface area contributed by atoms with Crippen molar-refractivity contribution in [1.82, 2.24) is 4.98 Å². The molecule has 1 aromatic heterocycles. The molecule has 0 saturated carbocycles. The predicted octanol–water partition coefficient (Wildman–Crippen LogP) is 7.32. The van der Waals surface area contributed by atoms with Crippen LogP contribution in [-0.2, 0) is 0 Å². The highest BCUT2D eigenvalue weighted by molar-refractivity contribution is 6.03. The summed E-state index contributed by atoms with van der Waals surface area (Å²) in [5.41, 5.74) is 20.9. The van der Waals surface area contributed by atoms with Crippen molar-refractivity contribution in [2.75, 3.05) is 17.2 Å². The molecule has 7 aromatic rings. The minimum absolute atomic E-state index is 0.0733. The number of oxazole rings is 1. The molecule has 7 rings (SSSR count). The number of carboxylic acid groups (broad SMARTS) is 1. The summed E-state index contributed by atoms with van der Waals surface area (Å²) in [6.45, 7) is 0. The average molecular weight is 557 g/mol. The summed E-state index contributed by atoms with van der Waals surface area (Å²) in [4.78, 5) is 15.4. The van der Waals surface area contributed by atoms with Gasteiger partial charge in [0.1, 0.15) is 11.3 Å². The third-order valence-corrected chi connectivity index (χ3v) is 6.50. The van der Waals surface area contributed by atoms with Crippen molar-refractivity contribution >= 4 is 55.7 Å². The van der Waals surface area contributed by atoms with E-state index in [2.05, 4.69) is 23.2 Å². The number of nitrogen functional groups attached to an aromatic ring is 3. The Morgan fingerprint density at radius 1 is 0.667 bits per heavy atom. The molecule has 0 amide bonds. The fourth-order valence-corrected chi connectivity index (χ4v) is 4.46. The van der Waals surface area contributed by atoms with Gasteiger partial charge in [-0.1, -0.05) is 72.8 Å². The molecule has 0 atom stereocenters. The third kappa shape index (κ3) is 6.08. The number of benzene rings is 6. The van der Waals surface area contributed by atoms with Crippen LogP contribution in [0, 0.1) is 0 Å². The minimum atomic E-state index is -0.878. The van der Waals surface area contributed by atoms with E-state index in [1.54, 1.807) is 18.2 Å². The van der Waals surface area contributed by atoms with Crippen LogP contribution in [0.3, 0.4) is 0 Å². The van der Waals surface area contributed by atoms with Crippen LogP contribution in [0.15, 0.2) is 126 Å². The van der Waals surface area contributed by atoms with E-state index in [4.69, 9.17) is 31.8 Å². The Bertz CT molecular complexity index is 2020. The highest BCUT2D eigenvalue weighted by atomic mass is 16.4. The SMILES string of the molecule is Nc1ccc(O)c(N)c1.Nc1ccc2oc(-c3cccc4ccccc34)nc2c1.O=C(O)c1cccc2ccccc12. The maximum atomic E-state index is 10.8. The van der Waals surface area contributed by atoms with E-state index in [1.807, 2.05) is 72.8 Å². The normalized spacial score (nSPS) is 10.5. The predicted molar refractivity (Wildman–Crippen MR) is 169 cm³/mol. The molecule has 208 valence electrons. The van der Waals surface area contributed by atoms with Crippen molar-refractivity contribution in [2.45, 2.75) is 0 Å². The number of carboxylic acids is 1. The zero-order valence-corrected chi connectivity index (χ0v) is 22.4. The quantitative estimate of drug-likeness (QED) is 0.0840. The molecule has 8 heteroatoms. The lowest BCUT2D eigenvalue weighted by atomic mass is 10.0. The van der Waals surface area contributed by atoms with Crippen molar-refractivity contribution in [3.8, 4) is 17.2 Å². The number of phenols is 1. The first-order chi connectivity index (χ1) is 20.3. The van der Waals surface area contributed by atoms with Crippen LogP contribution in [0.25, 0.3) is 44.1 Å². The van der Waals surface area contributed by atoms with Gasteiger partial charge in [0.05, 0.1) is 11.3 Å². The summed E-state index contributed by atoms with van der Waals surface area (Å²) in [6, 6.07) is 37.1. The first kappa shape index (κ1) is 27.5. The topological polar surface area (TPSA) is 162 Å². The number of aromatic nitrogens is 1. The second-order valence-electron chi connectivity index (χ2n) is 9.42. The monoisotopic (exact) mass is 556 g/mol. The zero-order valence-electron chi connectivity index (χ0n) is 22.4. The van der Waals surface area contributed by atoms with Gasteiger partial charge in [-0.3, -0.25) is 0 Å². The maximum Gasteiger partial charge on any atom is 0.336 e. The van der Waals surface area contributed by atoms with E-state index >= 15 is 0 Å². The molecule has 0 aliphatic rings. The molecule has 42 heavy (non-hydrogen) atoms. The van der Waals surface area contributed by atoms with Gasteiger partial charge in [0.2, 0.25) is 5.89 Å². The molecular weight excluding hydrogens is 528 g/mol. The van der Waals surface area contributed by atoms with Gasteiger partial charge in [-0.05, 0) is 70.1 Å². The van der Waals surface area contributed by atoms with Crippen molar-refractivity contribution in [1.29, 1.82) is 0 Å². The minimum Gasteiger partial charge on any atom is -0.506 e. The Morgan fingerprint density at radius 3 is 1.95 bits per heavy atom.